The van der Waals surface area contributed by atoms with Gasteiger partial charge in [0.15, 0.2) is 0 Å². The van der Waals surface area contributed by atoms with Gasteiger partial charge in [0.05, 0.1) is 12.7 Å². The number of halogens is 1. The lowest BCUT2D eigenvalue weighted by molar-refractivity contribution is -0.135. The number of amides is 1. The summed E-state index contributed by atoms with van der Waals surface area (Å²) in [6, 6.07) is 6.33. The molecule has 0 N–H and O–H groups in total. The summed E-state index contributed by atoms with van der Waals surface area (Å²) in [4.78, 5) is 13.5. The first-order valence-corrected chi connectivity index (χ1v) is 6.83. The molecule has 0 bridgehead atoms. The molecule has 0 unspecified atom stereocenters. The molecule has 1 saturated heterocycles. The van der Waals surface area contributed by atoms with E-state index in [4.69, 9.17) is 4.74 Å². The lowest BCUT2D eigenvalue weighted by Crippen LogP contribution is -2.42. The third-order valence-corrected chi connectivity index (χ3v) is 3.43. The van der Waals surface area contributed by atoms with Crippen LogP contribution in [-0.2, 0) is 16.1 Å². The Bertz CT molecular complexity index is 419. The number of rotatable bonds is 4. The molecule has 1 fully saturated rings. The van der Waals surface area contributed by atoms with Crippen molar-refractivity contribution < 1.29 is 13.9 Å². The minimum absolute atomic E-state index is 0.0919. The molecule has 4 heteroatoms. The molecule has 2 rings (SSSR count). The van der Waals surface area contributed by atoms with Crippen molar-refractivity contribution in [1.29, 1.82) is 0 Å². The van der Waals surface area contributed by atoms with E-state index in [9.17, 15) is 9.18 Å². The van der Waals surface area contributed by atoms with Crippen molar-refractivity contribution in [3.05, 3.63) is 35.6 Å². The maximum Gasteiger partial charge on any atom is 0.222 e. The fourth-order valence-electron chi connectivity index (χ4n) is 2.32. The van der Waals surface area contributed by atoms with Gasteiger partial charge in [-0.25, -0.2) is 4.39 Å². The van der Waals surface area contributed by atoms with Gasteiger partial charge in [0.1, 0.15) is 5.82 Å². The summed E-state index contributed by atoms with van der Waals surface area (Å²) in [6.45, 7) is 3.86. The monoisotopic (exact) mass is 265 g/mol. The largest absolute Gasteiger partial charge is 0.372 e. The van der Waals surface area contributed by atoms with E-state index in [1.807, 2.05) is 11.8 Å². The number of carbonyl (C=O) groups is 1. The highest BCUT2D eigenvalue weighted by Crippen LogP contribution is 2.16. The van der Waals surface area contributed by atoms with Gasteiger partial charge in [0.25, 0.3) is 0 Å². The van der Waals surface area contributed by atoms with Gasteiger partial charge in [0, 0.05) is 19.5 Å². The summed E-state index contributed by atoms with van der Waals surface area (Å²) >= 11 is 0. The average molecular weight is 265 g/mol. The number of piperidine rings is 1. The second-order valence-corrected chi connectivity index (χ2v) is 4.90. The van der Waals surface area contributed by atoms with Gasteiger partial charge in [-0.1, -0.05) is 19.1 Å². The number of carbonyl (C=O) groups excluding carboxylic acids is 1. The first kappa shape index (κ1) is 14.0. The van der Waals surface area contributed by atoms with Gasteiger partial charge < -0.3 is 9.64 Å². The van der Waals surface area contributed by atoms with Crippen molar-refractivity contribution in [2.24, 2.45) is 0 Å². The molecule has 0 radical (unpaired) electrons. The summed E-state index contributed by atoms with van der Waals surface area (Å²) in [7, 11) is 0. The van der Waals surface area contributed by atoms with Crippen LogP contribution in [0.3, 0.4) is 0 Å². The molecule has 0 spiro atoms. The van der Waals surface area contributed by atoms with Gasteiger partial charge in [-0.05, 0) is 30.5 Å². The Kier molecular flexibility index (Phi) is 4.91. The van der Waals surface area contributed by atoms with Crippen LogP contribution in [0.1, 0.15) is 31.7 Å². The maximum absolute atomic E-state index is 12.8. The fourth-order valence-corrected chi connectivity index (χ4v) is 2.32. The smallest absolute Gasteiger partial charge is 0.222 e. The zero-order valence-electron chi connectivity index (χ0n) is 11.3. The predicted octanol–water partition coefficient (Wildman–Crippen LogP) is 2.74. The minimum atomic E-state index is -0.235. The molecule has 1 atom stereocenters. The molecule has 19 heavy (non-hydrogen) atoms. The first-order chi connectivity index (χ1) is 9.19. The van der Waals surface area contributed by atoms with Crippen LogP contribution in [0.5, 0.6) is 0 Å². The van der Waals surface area contributed by atoms with Gasteiger partial charge in [0.2, 0.25) is 5.91 Å². The van der Waals surface area contributed by atoms with E-state index in [1.165, 1.54) is 12.1 Å². The Morgan fingerprint density at radius 2 is 2.16 bits per heavy atom. The molecule has 1 aromatic carbocycles. The lowest BCUT2D eigenvalue weighted by atomic mass is 10.1. The van der Waals surface area contributed by atoms with E-state index in [2.05, 4.69) is 0 Å². The summed E-state index contributed by atoms with van der Waals surface area (Å²) < 4.78 is 18.6. The van der Waals surface area contributed by atoms with Crippen molar-refractivity contribution >= 4 is 5.91 Å². The Morgan fingerprint density at radius 3 is 2.84 bits per heavy atom. The molecule has 104 valence electrons. The van der Waals surface area contributed by atoms with Crippen LogP contribution in [0.15, 0.2) is 24.3 Å². The zero-order chi connectivity index (χ0) is 13.7. The van der Waals surface area contributed by atoms with Gasteiger partial charge in [-0.15, -0.1) is 0 Å². The average Bonchev–Trinajstić information content (AvgIpc) is 2.46. The highest BCUT2D eigenvalue weighted by Gasteiger charge is 2.22. The molecule has 1 aliphatic rings. The number of benzene rings is 1. The quantitative estimate of drug-likeness (QED) is 0.837. The highest BCUT2D eigenvalue weighted by molar-refractivity contribution is 5.75. The Hall–Kier alpha value is -1.42. The van der Waals surface area contributed by atoms with Gasteiger partial charge >= 0.3 is 0 Å². The van der Waals surface area contributed by atoms with Crippen molar-refractivity contribution in [3.8, 4) is 0 Å². The van der Waals surface area contributed by atoms with E-state index < -0.39 is 0 Å². The highest BCUT2D eigenvalue weighted by atomic mass is 19.1. The third-order valence-electron chi connectivity index (χ3n) is 3.43. The van der Waals surface area contributed by atoms with E-state index >= 15 is 0 Å². The molecule has 0 aliphatic carbocycles. The zero-order valence-corrected chi connectivity index (χ0v) is 11.3. The summed E-state index contributed by atoms with van der Waals surface area (Å²) in [5.74, 6) is -0.0452. The molecule has 1 aliphatic heterocycles. The molecular formula is C15H20FNO2. The molecule has 1 amide bonds. The van der Waals surface area contributed by atoms with E-state index in [-0.39, 0.29) is 17.8 Å². The third kappa shape index (κ3) is 4.03. The minimum Gasteiger partial charge on any atom is -0.372 e. The molecule has 1 heterocycles. The second-order valence-electron chi connectivity index (χ2n) is 4.90. The summed E-state index contributed by atoms with van der Waals surface area (Å²) in [6.07, 6.45) is 2.61. The predicted molar refractivity (Wildman–Crippen MR) is 71.1 cm³/mol. The van der Waals surface area contributed by atoms with Crippen LogP contribution >= 0.6 is 0 Å². The summed E-state index contributed by atoms with van der Waals surface area (Å²) in [5, 5.41) is 0. The number of likely N-dealkylation sites (tertiary alicyclic amines) is 1. The lowest BCUT2D eigenvalue weighted by Gasteiger charge is -2.32. The van der Waals surface area contributed by atoms with E-state index in [0.717, 1.165) is 24.9 Å². The molecular weight excluding hydrogens is 245 g/mol. The Balaban J connectivity index is 1.82. The van der Waals surface area contributed by atoms with E-state index in [0.29, 0.717) is 19.6 Å². The van der Waals surface area contributed by atoms with Crippen LogP contribution in [0.25, 0.3) is 0 Å². The van der Waals surface area contributed by atoms with E-state index in [1.54, 1.807) is 12.1 Å². The second kappa shape index (κ2) is 6.66. The van der Waals surface area contributed by atoms with Crippen molar-refractivity contribution in [1.82, 2.24) is 4.90 Å². The Labute approximate surface area is 113 Å². The molecule has 0 aromatic heterocycles. The number of hydrogen-bond acceptors (Lipinski definition) is 2. The topological polar surface area (TPSA) is 29.5 Å². The summed E-state index contributed by atoms with van der Waals surface area (Å²) in [5.41, 5.74) is 0.959. The van der Waals surface area contributed by atoms with Gasteiger partial charge in [-0.3, -0.25) is 4.79 Å². The normalized spacial score (nSPS) is 19.5. The fraction of sp³-hybridized carbons (Fsp3) is 0.533. The standard InChI is InChI=1S/C15H20FNO2/c1-2-15(18)17-9-3-4-14(10-17)19-11-12-5-7-13(16)8-6-12/h5-8,14H,2-4,9-11H2,1H3/t14-/m0/s1. The van der Waals surface area contributed by atoms with Crippen LogP contribution in [0.2, 0.25) is 0 Å². The number of hydrogen-bond donors (Lipinski definition) is 0. The number of nitrogens with zero attached hydrogens (tertiary/aromatic N) is 1. The van der Waals surface area contributed by atoms with Crippen LogP contribution in [0, 0.1) is 5.82 Å². The molecule has 0 saturated carbocycles. The maximum atomic E-state index is 12.8. The first-order valence-electron chi connectivity index (χ1n) is 6.83. The van der Waals surface area contributed by atoms with Crippen molar-refractivity contribution in [2.45, 2.75) is 38.9 Å². The van der Waals surface area contributed by atoms with Crippen molar-refractivity contribution in [3.63, 3.8) is 0 Å². The number of ether oxygens (including phenoxy) is 1. The van der Waals surface area contributed by atoms with Crippen LogP contribution in [-0.4, -0.2) is 30.0 Å². The van der Waals surface area contributed by atoms with Gasteiger partial charge in [-0.2, -0.15) is 0 Å². The van der Waals surface area contributed by atoms with Crippen molar-refractivity contribution in [2.75, 3.05) is 13.1 Å². The van der Waals surface area contributed by atoms with Crippen LogP contribution < -0.4 is 0 Å². The molecule has 3 nitrogen and oxygen atoms in total. The Morgan fingerprint density at radius 1 is 1.42 bits per heavy atom. The SMILES string of the molecule is CCC(=O)N1CCC[C@H](OCc2ccc(F)cc2)C1. The molecule has 1 aromatic rings. The van der Waals surface area contributed by atoms with Crippen LogP contribution in [0.4, 0.5) is 4.39 Å².